The Labute approximate surface area is 166 Å². The highest BCUT2D eigenvalue weighted by molar-refractivity contribution is 7.46. The fraction of sp³-hybridized carbons (Fsp3) is 0.688. The van der Waals surface area contributed by atoms with E-state index in [0.29, 0.717) is 0 Å². The number of phosphoric acid groups is 1. The monoisotopic (exact) mass is 431 g/mol. The van der Waals surface area contributed by atoms with Gasteiger partial charge in [-0.05, 0) is 12.8 Å². The van der Waals surface area contributed by atoms with Gasteiger partial charge in [0, 0.05) is 13.5 Å². The van der Waals surface area contributed by atoms with E-state index < -0.39 is 31.4 Å². The predicted molar refractivity (Wildman–Crippen MR) is 99.4 cm³/mol. The van der Waals surface area contributed by atoms with Crippen molar-refractivity contribution in [2.45, 2.75) is 56.6 Å². The number of aromatic nitrogens is 4. The van der Waals surface area contributed by atoms with Crippen LogP contribution in [0.2, 0.25) is 0 Å². The minimum atomic E-state index is -4.77. The summed E-state index contributed by atoms with van der Waals surface area (Å²) in [5, 5.41) is 30.1. The molecule has 0 aromatic carbocycles. The van der Waals surface area contributed by atoms with E-state index in [4.69, 9.17) is 14.7 Å². The topological polar surface area (TPSA) is 176 Å². The van der Waals surface area contributed by atoms with Gasteiger partial charge in [-0.2, -0.15) is 0 Å². The molecule has 1 aliphatic rings. The predicted octanol–water partition coefficient (Wildman–Crippen LogP) is -0.288. The van der Waals surface area contributed by atoms with Gasteiger partial charge < -0.3 is 29.3 Å². The quantitative estimate of drug-likeness (QED) is 0.369. The molecular formula is C16H26N5O7P. The molecule has 2 aromatic rings. The molecule has 0 amide bonds. The number of hydrogen-bond acceptors (Lipinski definition) is 8. The van der Waals surface area contributed by atoms with Crippen molar-refractivity contribution in [3.8, 4) is 0 Å². The van der Waals surface area contributed by atoms with Gasteiger partial charge in [-0.3, -0.25) is 14.5 Å². The maximum absolute atomic E-state index is 11.4. The number of hydrogen-bond donors (Lipinski definition) is 5. The van der Waals surface area contributed by atoms with Gasteiger partial charge in [0.1, 0.15) is 11.6 Å². The van der Waals surface area contributed by atoms with Crippen molar-refractivity contribution < 1.29 is 33.8 Å². The van der Waals surface area contributed by atoms with Gasteiger partial charge in [-0.25, -0.2) is 14.5 Å². The highest BCUT2D eigenvalue weighted by Gasteiger charge is 2.53. The van der Waals surface area contributed by atoms with Gasteiger partial charge in [0.2, 0.25) is 0 Å². The zero-order valence-electron chi connectivity index (χ0n) is 16.4. The first-order chi connectivity index (χ1) is 13.5. The molecule has 3 rings (SSSR count). The largest absolute Gasteiger partial charge is 0.470 e. The summed E-state index contributed by atoms with van der Waals surface area (Å²) in [4.78, 5) is 26.9. The third-order valence-electron chi connectivity index (χ3n) is 5.60. The van der Waals surface area contributed by atoms with Crippen LogP contribution < -0.4 is 5.49 Å². The van der Waals surface area contributed by atoms with Gasteiger partial charge in [0.15, 0.2) is 16.9 Å². The van der Waals surface area contributed by atoms with E-state index in [-0.39, 0.29) is 42.5 Å². The van der Waals surface area contributed by atoms with Crippen LogP contribution in [0.3, 0.4) is 0 Å². The lowest BCUT2D eigenvalue weighted by Crippen LogP contribution is -2.48. The van der Waals surface area contributed by atoms with Gasteiger partial charge >= 0.3 is 7.82 Å². The van der Waals surface area contributed by atoms with Crippen LogP contribution in [0.4, 0.5) is 0 Å². The molecule has 0 bridgehead atoms. The first-order valence-corrected chi connectivity index (χ1v) is 10.7. The van der Waals surface area contributed by atoms with Crippen molar-refractivity contribution >= 4 is 19.0 Å². The Morgan fingerprint density at radius 1 is 1.38 bits per heavy atom. The molecule has 1 aliphatic heterocycles. The Bertz CT molecular complexity index is 997. The fourth-order valence-corrected chi connectivity index (χ4v) is 4.53. The first-order valence-electron chi connectivity index (χ1n) is 9.18. The molecule has 3 heterocycles. The Kier molecular flexibility index (Phi) is 5.73. The molecule has 1 fully saturated rings. The lowest BCUT2D eigenvalue weighted by molar-refractivity contribution is -0.112. The summed E-state index contributed by atoms with van der Waals surface area (Å²) < 4.78 is 24.8. The summed E-state index contributed by atoms with van der Waals surface area (Å²) in [6.07, 6.45) is 0.805. The van der Waals surface area contributed by atoms with Crippen molar-refractivity contribution in [3.05, 3.63) is 18.1 Å². The van der Waals surface area contributed by atoms with Gasteiger partial charge in [-0.1, -0.05) is 13.8 Å². The molecule has 2 aromatic heterocycles. The van der Waals surface area contributed by atoms with E-state index in [1.807, 2.05) is 0 Å². The summed E-state index contributed by atoms with van der Waals surface area (Å²) in [6, 6.07) is 0. The summed E-state index contributed by atoms with van der Waals surface area (Å²) in [5.41, 5.74) is -2.59. The summed E-state index contributed by atoms with van der Waals surface area (Å²) in [6.45, 7) is 3.14. The summed E-state index contributed by atoms with van der Waals surface area (Å²) in [7, 11) is -3.13. The lowest BCUT2D eigenvalue weighted by Gasteiger charge is -2.35. The van der Waals surface area contributed by atoms with E-state index in [2.05, 4.69) is 9.97 Å². The molecule has 0 aliphatic carbocycles. The van der Waals surface area contributed by atoms with Crippen LogP contribution in [-0.4, -0.2) is 63.5 Å². The number of fused-ring (bicyclic) bond motifs is 1. The van der Waals surface area contributed by atoms with Gasteiger partial charge in [0.05, 0.1) is 31.0 Å². The Morgan fingerprint density at radius 2 is 2.03 bits per heavy atom. The van der Waals surface area contributed by atoms with Crippen LogP contribution >= 0.6 is 7.82 Å². The molecule has 3 atom stereocenters. The van der Waals surface area contributed by atoms with Crippen molar-refractivity contribution in [2.75, 3.05) is 6.61 Å². The fourth-order valence-electron chi connectivity index (χ4n) is 3.69. The van der Waals surface area contributed by atoms with Crippen molar-refractivity contribution in [1.29, 1.82) is 5.41 Å². The second-order valence-electron chi connectivity index (χ2n) is 7.34. The molecule has 162 valence electrons. The molecule has 0 unspecified atom stereocenters. The van der Waals surface area contributed by atoms with E-state index in [9.17, 15) is 24.6 Å². The highest BCUT2D eigenvalue weighted by Crippen LogP contribution is 2.47. The number of nitrogens with one attached hydrogen (secondary N) is 1. The third kappa shape index (κ3) is 3.89. The molecule has 13 heteroatoms. The zero-order chi connectivity index (χ0) is 21.6. The maximum atomic E-state index is 11.4. The number of ether oxygens (including phenoxy) is 1. The lowest BCUT2D eigenvalue weighted by atomic mass is 9.88. The molecular weight excluding hydrogens is 405 g/mol. The minimum absolute atomic E-state index is 0.0344. The number of aryl methyl sites for hydroxylation is 1. The van der Waals surface area contributed by atoms with E-state index in [0.717, 1.165) is 0 Å². The molecule has 1 saturated heterocycles. The number of imidazole rings is 1. The average Bonchev–Trinajstić information content (AvgIpc) is 3.21. The van der Waals surface area contributed by atoms with E-state index in [1.54, 1.807) is 20.9 Å². The molecule has 0 spiro atoms. The number of nitrogens with zero attached hydrogens (tertiary/aromatic N) is 4. The van der Waals surface area contributed by atoms with Crippen LogP contribution in [0.15, 0.2) is 12.7 Å². The number of aliphatic hydroxyl groups is 2. The van der Waals surface area contributed by atoms with Crippen LogP contribution in [0.5, 0.6) is 0 Å². The molecule has 0 saturated carbocycles. The van der Waals surface area contributed by atoms with Crippen LogP contribution in [0.1, 0.15) is 33.1 Å². The highest BCUT2D eigenvalue weighted by atomic mass is 31.2. The maximum Gasteiger partial charge on any atom is 0.470 e. The van der Waals surface area contributed by atoms with Crippen molar-refractivity contribution in [3.63, 3.8) is 0 Å². The minimum Gasteiger partial charge on any atom is -0.385 e. The Hall–Kier alpha value is -1.66. The number of aliphatic hydroxyl groups excluding tert-OH is 1. The summed E-state index contributed by atoms with van der Waals surface area (Å²) in [5.74, 6) is 0. The third-order valence-corrected chi connectivity index (χ3v) is 6.22. The molecule has 12 nitrogen and oxygen atoms in total. The van der Waals surface area contributed by atoms with Crippen LogP contribution in [0.25, 0.3) is 11.2 Å². The molecule has 5 N–H and O–H groups in total. The zero-order valence-corrected chi connectivity index (χ0v) is 17.3. The van der Waals surface area contributed by atoms with Gasteiger partial charge in [0.25, 0.3) is 0 Å². The average molecular weight is 431 g/mol. The standard InChI is InChI=1S/C16H26N5O7P/c1-4-15(5-2,28-29(24,25)26)6-10-12(22)16(23,7-27-10)21-9-18-11-13(17)20(3)8-19-14(11)21/h8-10,12,17,22-23H,4-7H2,1-3H3,(H2,24,25,26)/t10-,12-,16-/m1/s1. The molecule has 29 heavy (non-hydrogen) atoms. The van der Waals surface area contributed by atoms with Crippen LogP contribution in [-0.2, 0) is 26.6 Å². The normalized spacial score (nSPS) is 25.8. The van der Waals surface area contributed by atoms with E-state index in [1.165, 1.54) is 21.8 Å². The second kappa shape index (κ2) is 7.55. The second-order valence-corrected chi connectivity index (χ2v) is 8.50. The first kappa shape index (κ1) is 22.0. The van der Waals surface area contributed by atoms with Crippen molar-refractivity contribution in [2.24, 2.45) is 7.05 Å². The Balaban J connectivity index is 1.92. The SMILES string of the molecule is CCC(CC)(C[C@H]1OC[C@](O)(n2cnc3c(=N)n(C)cnc32)[C@@H]1O)OP(=O)(O)O. The smallest absolute Gasteiger partial charge is 0.385 e. The van der Waals surface area contributed by atoms with Gasteiger partial charge in [-0.15, -0.1) is 0 Å². The number of rotatable bonds is 7. The summed E-state index contributed by atoms with van der Waals surface area (Å²) >= 11 is 0. The number of phosphoric ester groups is 1. The van der Waals surface area contributed by atoms with Crippen LogP contribution in [0, 0.1) is 5.41 Å². The van der Waals surface area contributed by atoms with E-state index >= 15 is 0 Å². The Morgan fingerprint density at radius 3 is 2.62 bits per heavy atom. The van der Waals surface area contributed by atoms with Crippen molar-refractivity contribution in [1.82, 2.24) is 19.1 Å². The molecule has 0 radical (unpaired) electrons.